The van der Waals surface area contributed by atoms with Crippen LogP contribution in [0.15, 0.2) is 54.7 Å². The number of unbranched alkanes of at least 4 members (excludes halogenated alkanes) is 1. The van der Waals surface area contributed by atoms with Crippen molar-refractivity contribution in [2.24, 2.45) is 0 Å². The minimum Gasteiger partial charge on any atom is -0.497 e. The molecular weight excluding hydrogens is 393 g/mol. The lowest BCUT2D eigenvalue weighted by Gasteiger charge is -2.17. The van der Waals surface area contributed by atoms with Gasteiger partial charge in [0.1, 0.15) is 17.1 Å². The Balaban J connectivity index is 1.92. The maximum atomic E-state index is 13.5. The fraction of sp³-hybridized carbons (Fsp3) is 0.273. The number of halogens is 3. The molecule has 2 N–H and O–H groups in total. The lowest BCUT2D eigenvalue weighted by molar-refractivity contribution is -0.137. The Hall–Kier alpha value is -3.29. The Kier molecular flexibility index (Phi) is 6.76. The van der Waals surface area contributed by atoms with Gasteiger partial charge in [-0.3, -0.25) is 0 Å². The van der Waals surface area contributed by atoms with Crippen molar-refractivity contribution in [1.29, 1.82) is 0 Å². The van der Waals surface area contributed by atoms with E-state index in [1.807, 2.05) is 12.1 Å². The third-order valence-corrected chi connectivity index (χ3v) is 4.51. The van der Waals surface area contributed by atoms with Crippen molar-refractivity contribution in [3.63, 3.8) is 0 Å². The fourth-order valence-corrected chi connectivity index (χ4v) is 2.90. The number of para-hydroxylation sites is 1. The van der Waals surface area contributed by atoms with Gasteiger partial charge in [-0.1, -0.05) is 31.5 Å². The van der Waals surface area contributed by atoms with Crippen LogP contribution in [0.1, 0.15) is 30.9 Å². The predicted octanol–water partition coefficient (Wildman–Crippen LogP) is 6.33. The second-order valence-electron chi connectivity index (χ2n) is 6.69. The first kappa shape index (κ1) is 21.4. The number of ether oxygens (including phenoxy) is 1. The van der Waals surface area contributed by atoms with Crippen LogP contribution in [-0.4, -0.2) is 17.1 Å². The van der Waals surface area contributed by atoms with Gasteiger partial charge in [-0.2, -0.15) is 18.2 Å². The number of nitrogens with one attached hydrogen (secondary N) is 2. The zero-order valence-electron chi connectivity index (χ0n) is 16.8. The summed E-state index contributed by atoms with van der Waals surface area (Å²) in [6.07, 6.45) is -1.09. The first-order chi connectivity index (χ1) is 14.4. The first-order valence-electron chi connectivity index (χ1n) is 9.61. The Labute approximate surface area is 173 Å². The van der Waals surface area contributed by atoms with E-state index in [1.54, 1.807) is 43.5 Å². The molecule has 0 amide bonds. The SMILES string of the molecule is CCCCc1ccccc1Nc1nc(Nc2ccc(OC)cc2)ncc1C(F)(F)F. The van der Waals surface area contributed by atoms with E-state index in [0.717, 1.165) is 31.0 Å². The summed E-state index contributed by atoms with van der Waals surface area (Å²) in [5, 5.41) is 5.79. The number of methoxy groups -OCH3 is 1. The Morgan fingerprint density at radius 2 is 1.73 bits per heavy atom. The van der Waals surface area contributed by atoms with Crippen molar-refractivity contribution in [2.75, 3.05) is 17.7 Å². The molecule has 0 fully saturated rings. The zero-order valence-corrected chi connectivity index (χ0v) is 16.8. The molecule has 3 aromatic rings. The highest BCUT2D eigenvalue weighted by Gasteiger charge is 2.35. The Bertz CT molecular complexity index is 975. The number of benzene rings is 2. The van der Waals surface area contributed by atoms with Gasteiger partial charge in [0.15, 0.2) is 0 Å². The summed E-state index contributed by atoms with van der Waals surface area (Å²) in [4.78, 5) is 7.95. The minimum atomic E-state index is -4.58. The molecule has 0 radical (unpaired) electrons. The molecule has 30 heavy (non-hydrogen) atoms. The lowest BCUT2D eigenvalue weighted by Crippen LogP contribution is -2.13. The molecule has 0 spiro atoms. The molecule has 1 heterocycles. The Morgan fingerprint density at radius 3 is 2.40 bits per heavy atom. The van der Waals surface area contributed by atoms with Gasteiger partial charge in [-0.15, -0.1) is 0 Å². The number of anilines is 4. The molecule has 0 aliphatic rings. The van der Waals surface area contributed by atoms with Crippen LogP contribution in [0.2, 0.25) is 0 Å². The zero-order chi connectivity index (χ0) is 21.6. The van der Waals surface area contributed by atoms with Crippen molar-refractivity contribution in [3.8, 4) is 5.75 Å². The highest BCUT2D eigenvalue weighted by Crippen LogP contribution is 2.36. The molecule has 5 nitrogen and oxygen atoms in total. The number of alkyl halides is 3. The number of hydrogen-bond acceptors (Lipinski definition) is 5. The third-order valence-electron chi connectivity index (χ3n) is 4.51. The average Bonchev–Trinajstić information content (AvgIpc) is 2.73. The van der Waals surface area contributed by atoms with E-state index in [1.165, 1.54) is 0 Å². The molecule has 158 valence electrons. The molecule has 0 saturated carbocycles. The van der Waals surface area contributed by atoms with Gasteiger partial charge in [0.05, 0.1) is 7.11 Å². The van der Waals surface area contributed by atoms with Crippen LogP contribution in [0.4, 0.5) is 36.3 Å². The first-order valence-corrected chi connectivity index (χ1v) is 9.61. The summed E-state index contributed by atoms with van der Waals surface area (Å²) in [5.41, 5.74) is 1.25. The normalized spacial score (nSPS) is 11.2. The largest absolute Gasteiger partial charge is 0.497 e. The Morgan fingerprint density at radius 1 is 1.00 bits per heavy atom. The van der Waals surface area contributed by atoms with E-state index in [2.05, 4.69) is 27.5 Å². The molecule has 0 bridgehead atoms. The summed E-state index contributed by atoms with van der Waals surface area (Å²) in [5.74, 6) is 0.430. The minimum absolute atomic E-state index is 0.0571. The van der Waals surface area contributed by atoms with E-state index in [9.17, 15) is 13.2 Å². The van der Waals surface area contributed by atoms with Gasteiger partial charge in [-0.05, 0) is 48.7 Å². The standard InChI is InChI=1S/C22H23F3N4O/c1-3-4-7-15-8-5-6-9-19(15)28-20-18(22(23,24)25)14-26-21(29-20)27-16-10-12-17(30-2)13-11-16/h5-6,8-14H,3-4,7H2,1-2H3,(H2,26,27,28,29). The van der Waals surface area contributed by atoms with Crippen LogP contribution < -0.4 is 15.4 Å². The lowest BCUT2D eigenvalue weighted by atomic mass is 10.1. The topological polar surface area (TPSA) is 59.1 Å². The van der Waals surface area contributed by atoms with Crippen molar-refractivity contribution < 1.29 is 17.9 Å². The summed E-state index contributed by atoms with van der Waals surface area (Å²) >= 11 is 0. The van der Waals surface area contributed by atoms with Crippen LogP contribution in [0, 0.1) is 0 Å². The second-order valence-corrected chi connectivity index (χ2v) is 6.69. The monoisotopic (exact) mass is 416 g/mol. The van der Waals surface area contributed by atoms with E-state index < -0.39 is 11.7 Å². The molecule has 3 rings (SSSR count). The number of aromatic nitrogens is 2. The van der Waals surface area contributed by atoms with Gasteiger partial charge in [0.25, 0.3) is 0 Å². The summed E-state index contributed by atoms with van der Waals surface area (Å²) in [6, 6.07) is 14.2. The van der Waals surface area contributed by atoms with E-state index in [4.69, 9.17) is 4.74 Å². The van der Waals surface area contributed by atoms with Crippen LogP contribution in [0.5, 0.6) is 5.75 Å². The molecule has 0 unspecified atom stereocenters. The van der Waals surface area contributed by atoms with E-state index >= 15 is 0 Å². The molecular formula is C22H23F3N4O. The highest BCUT2D eigenvalue weighted by molar-refractivity contribution is 5.65. The molecule has 0 aliphatic heterocycles. The van der Waals surface area contributed by atoms with Crippen LogP contribution in [0.25, 0.3) is 0 Å². The second kappa shape index (κ2) is 9.47. The van der Waals surface area contributed by atoms with Crippen molar-refractivity contribution >= 4 is 23.1 Å². The maximum absolute atomic E-state index is 13.5. The van der Waals surface area contributed by atoms with Gasteiger partial charge >= 0.3 is 6.18 Å². The molecule has 0 saturated heterocycles. The quantitative estimate of drug-likeness (QED) is 0.449. The van der Waals surface area contributed by atoms with E-state index in [0.29, 0.717) is 17.1 Å². The van der Waals surface area contributed by atoms with Crippen molar-refractivity contribution in [2.45, 2.75) is 32.4 Å². The maximum Gasteiger partial charge on any atom is 0.421 e. The summed E-state index contributed by atoms with van der Waals surface area (Å²) in [7, 11) is 1.55. The van der Waals surface area contributed by atoms with Crippen LogP contribution >= 0.6 is 0 Å². The molecule has 0 aliphatic carbocycles. The average molecular weight is 416 g/mol. The highest BCUT2D eigenvalue weighted by atomic mass is 19.4. The summed E-state index contributed by atoms with van der Waals surface area (Å²) in [6.45, 7) is 2.07. The molecule has 8 heteroatoms. The van der Waals surface area contributed by atoms with Crippen LogP contribution in [0.3, 0.4) is 0 Å². The number of rotatable bonds is 8. The van der Waals surface area contributed by atoms with Crippen LogP contribution in [-0.2, 0) is 12.6 Å². The van der Waals surface area contributed by atoms with Gasteiger partial charge in [0.2, 0.25) is 5.95 Å². The fourth-order valence-electron chi connectivity index (χ4n) is 2.90. The molecule has 2 aromatic carbocycles. The number of aryl methyl sites for hydroxylation is 1. The summed E-state index contributed by atoms with van der Waals surface area (Å²) < 4.78 is 45.7. The van der Waals surface area contributed by atoms with E-state index in [-0.39, 0.29) is 11.8 Å². The third kappa shape index (κ3) is 5.40. The van der Waals surface area contributed by atoms with Gasteiger partial charge in [0, 0.05) is 17.6 Å². The van der Waals surface area contributed by atoms with Gasteiger partial charge in [-0.25, -0.2) is 4.98 Å². The number of hydrogen-bond donors (Lipinski definition) is 2. The number of nitrogens with zero attached hydrogens (tertiary/aromatic N) is 2. The van der Waals surface area contributed by atoms with Crippen molar-refractivity contribution in [3.05, 3.63) is 65.9 Å². The van der Waals surface area contributed by atoms with Crippen molar-refractivity contribution in [1.82, 2.24) is 9.97 Å². The smallest absolute Gasteiger partial charge is 0.421 e. The molecule has 0 atom stereocenters. The van der Waals surface area contributed by atoms with Gasteiger partial charge < -0.3 is 15.4 Å². The molecule has 1 aromatic heterocycles. The predicted molar refractivity (Wildman–Crippen MR) is 112 cm³/mol.